The van der Waals surface area contributed by atoms with Crippen LogP contribution in [0.5, 0.6) is 0 Å². The van der Waals surface area contributed by atoms with Crippen molar-refractivity contribution in [3.63, 3.8) is 0 Å². The predicted octanol–water partition coefficient (Wildman–Crippen LogP) is 3.63. The highest BCUT2D eigenvalue weighted by atomic mass is 32.2. The first kappa shape index (κ1) is 17.1. The van der Waals surface area contributed by atoms with Crippen molar-refractivity contribution in [2.75, 3.05) is 12.8 Å². The van der Waals surface area contributed by atoms with E-state index in [1.54, 1.807) is 0 Å². The van der Waals surface area contributed by atoms with Crippen LogP contribution in [0.15, 0.2) is 0 Å². The first-order valence-electron chi connectivity index (χ1n) is 8.76. The number of carbonyl (C=O) groups excluding carboxylic acids is 1. The molecular formula is C17H32N2OS. The zero-order valence-electron chi connectivity index (χ0n) is 13.9. The monoisotopic (exact) mass is 312 g/mol. The summed E-state index contributed by atoms with van der Waals surface area (Å²) in [6, 6.07) is 0.0835. The Balaban J connectivity index is 1.98. The lowest BCUT2D eigenvalue weighted by molar-refractivity contribution is -0.130. The van der Waals surface area contributed by atoms with Crippen LogP contribution in [0.1, 0.15) is 65.2 Å². The summed E-state index contributed by atoms with van der Waals surface area (Å²) in [7, 11) is 0. The lowest BCUT2D eigenvalue weighted by atomic mass is 10.0. The molecule has 0 aromatic carbocycles. The summed E-state index contributed by atoms with van der Waals surface area (Å²) in [4.78, 5) is 14.9. The van der Waals surface area contributed by atoms with Crippen LogP contribution in [-0.4, -0.2) is 41.1 Å². The van der Waals surface area contributed by atoms with E-state index in [0.29, 0.717) is 23.2 Å². The molecule has 3 atom stereocenters. The topological polar surface area (TPSA) is 32.3 Å². The van der Waals surface area contributed by atoms with Crippen molar-refractivity contribution in [3.8, 4) is 0 Å². The van der Waals surface area contributed by atoms with E-state index >= 15 is 0 Å². The maximum atomic E-state index is 12.7. The van der Waals surface area contributed by atoms with Crippen LogP contribution in [0, 0.1) is 5.92 Å². The van der Waals surface area contributed by atoms with Gasteiger partial charge in [0.2, 0.25) is 5.91 Å². The number of hydrogen-bond acceptors (Lipinski definition) is 3. The third kappa shape index (κ3) is 4.38. The zero-order valence-corrected chi connectivity index (χ0v) is 14.8. The maximum absolute atomic E-state index is 12.7. The highest BCUT2D eigenvalue weighted by Gasteiger charge is 2.42. The van der Waals surface area contributed by atoms with Crippen LogP contribution >= 0.6 is 11.8 Å². The molecule has 1 aliphatic heterocycles. The number of nitrogens with zero attached hydrogens (tertiary/aromatic N) is 1. The smallest absolute Gasteiger partial charge is 0.241 e. The normalized spacial score (nSPS) is 28.5. The summed E-state index contributed by atoms with van der Waals surface area (Å²) < 4.78 is 0. The molecule has 1 heterocycles. The van der Waals surface area contributed by atoms with Crippen LogP contribution < -0.4 is 5.32 Å². The molecule has 2 fully saturated rings. The summed E-state index contributed by atoms with van der Waals surface area (Å²) in [6.45, 7) is 5.39. The maximum Gasteiger partial charge on any atom is 0.241 e. The Morgan fingerprint density at radius 3 is 2.71 bits per heavy atom. The highest BCUT2D eigenvalue weighted by Crippen LogP contribution is 2.33. The van der Waals surface area contributed by atoms with Gasteiger partial charge in [-0.15, -0.1) is 0 Å². The van der Waals surface area contributed by atoms with Crippen LogP contribution in [0.2, 0.25) is 0 Å². The molecule has 0 bridgehead atoms. The van der Waals surface area contributed by atoms with Crippen molar-refractivity contribution in [1.82, 2.24) is 10.2 Å². The second-order valence-corrected chi connectivity index (χ2v) is 7.99. The number of thioether (sulfide) groups is 1. The largest absolute Gasteiger partial charge is 0.325 e. The Kier molecular flexibility index (Phi) is 6.87. The van der Waals surface area contributed by atoms with Crippen LogP contribution in [-0.2, 0) is 4.79 Å². The van der Waals surface area contributed by atoms with Gasteiger partial charge in [-0.3, -0.25) is 10.1 Å². The Morgan fingerprint density at radius 1 is 1.38 bits per heavy atom. The molecule has 3 nitrogen and oxygen atoms in total. The molecule has 3 unspecified atom stereocenters. The molecule has 2 aliphatic rings. The van der Waals surface area contributed by atoms with Crippen LogP contribution in [0.4, 0.5) is 0 Å². The summed E-state index contributed by atoms with van der Waals surface area (Å²) in [5.74, 6) is 1.05. The fraction of sp³-hybridized carbons (Fsp3) is 0.941. The molecule has 0 spiro atoms. The van der Waals surface area contributed by atoms with E-state index in [9.17, 15) is 4.79 Å². The van der Waals surface area contributed by atoms with E-state index in [4.69, 9.17) is 0 Å². The molecule has 122 valence electrons. The molecule has 0 aromatic heterocycles. The molecule has 2 rings (SSSR count). The summed E-state index contributed by atoms with van der Waals surface area (Å²) >= 11 is 1.90. The zero-order chi connectivity index (χ0) is 15.2. The van der Waals surface area contributed by atoms with Gasteiger partial charge in [-0.2, -0.15) is 11.8 Å². The fourth-order valence-electron chi connectivity index (χ4n) is 3.67. The van der Waals surface area contributed by atoms with Gasteiger partial charge in [0.1, 0.15) is 0 Å². The van der Waals surface area contributed by atoms with Gasteiger partial charge in [0.05, 0.1) is 12.2 Å². The van der Waals surface area contributed by atoms with Crippen molar-refractivity contribution >= 4 is 17.7 Å². The number of rotatable bonds is 8. The molecule has 1 amide bonds. The average molecular weight is 313 g/mol. The Labute approximate surface area is 134 Å². The molecule has 1 aliphatic carbocycles. The van der Waals surface area contributed by atoms with E-state index in [1.807, 2.05) is 11.8 Å². The molecule has 1 N–H and O–H groups in total. The Hall–Kier alpha value is -0.220. The second-order valence-electron chi connectivity index (χ2n) is 6.72. The van der Waals surface area contributed by atoms with Crippen molar-refractivity contribution in [3.05, 3.63) is 0 Å². The van der Waals surface area contributed by atoms with Gasteiger partial charge < -0.3 is 4.90 Å². The first-order valence-corrected chi connectivity index (χ1v) is 10.1. The molecule has 0 aromatic rings. The van der Waals surface area contributed by atoms with Gasteiger partial charge in [-0.25, -0.2) is 0 Å². The number of amides is 1. The van der Waals surface area contributed by atoms with Crippen molar-refractivity contribution in [2.24, 2.45) is 5.92 Å². The van der Waals surface area contributed by atoms with E-state index < -0.39 is 0 Å². The van der Waals surface area contributed by atoms with Crippen molar-refractivity contribution < 1.29 is 4.79 Å². The summed E-state index contributed by atoms with van der Waals surface area (Å²) in [5.41, 5.74) is 0. The van der Waals surface area contributed by atoms with Gasteiger partial charge >= 0.3 is 0 Å². The lowest BCUT2D eigenvalue weighted by Crippen LogP contribution is -2.43. The fourth-order valence-corrected chi connectivity index (χ4v) is 4.01. The van der Waals surface area contributed by atoms with Crippen molar-refractivity contribution in [2.45, 2.75) is 82.7 Å². The van der Waals surface area contributed by atoms with Gasteiger partial charge in [0.15, 0.2) is 0 Å². The molecule has 1 saturated carbocycles. The SMILES string of the molecule is CCCCC1NC(C2CCCC2)N(CCC(C)SC)C1=O. The molecule has 4 heteroatoms. The summed E-state index contributed by atoms with van der Waals surface area (Å²) in [5, 5.41) is 4.31. The summed E-state index contributed by atoms with van der Waals surface area (Å²) in [6.07, 6.45) is 12.2. The molecule has 1 saturated heterocycles. The van der Waals surface area contributed by atoms with E-state index in [-0.39, 0.29) is 6.04 Å². The number of hydrogen-bond donors (Lipinski definition) is 1. The Bertz CT molecular complexity index is 331. The number of unbranched alkanes of at least 4 members (excludes halogenated alkanes) is 1. The third-order valence-electron chi connectivity index (χ3n) is 5.16. The van der Waals surface area contributed by atoms with E-state index in [2.05, 4.69) is 30.3 Å². The van der Waals surface area contributed by atoms with Crippen LogP contribution in [0.25, 0.3) is 0 Å². The minimum absolute atomic E-state index is 0.0835. The van der Waals surface area contributed by atoms with Gasteiger partial charge in [-0.1, -0.05) is 39.5 Å². The predicted molar refractivity (Wildman–Crippen MR) is 91.5 cm³/mol. The number of carbonyl (C=O) groups is 1. The van der Waals surface area contributed by atoms with E-state index in [0.717, 1.165) is 25.8 Å². The van der Waals surface area contributed by atoms with Gasteiger partial charge in [-0.05, 0) is 37.9 Å². The third-order valence-corrected chi connectivity index (χ3v) is 6.20. The minimum Gasteiger partial charge on any atom is -0.325 e. The minimum atomic E-state index is 0.0835. The van der Waals surface area contributed by atoms with Gasteiger partial charge in [0, 0.05) is 11.8 Å². The van der Waals surface area contributed by atoms with Gasteiger partial charge in [0.25, 0.3) is 0 Å². The highest BCUT2D eigenvalue weighted by molar-refractivity contribution is 7.99. The van der Waals surface area contributed by atoms with Crippen LogP contribution in [0.3, 0.4) is 0 Å². The molecule has 0 radical (unpaired) electrons. The lowest BCUT2D eigenvalue weighted by Gasteiger charge is -2.29. The Morgan fingerprint density at radius 2 is 2.10 bits per heavy atom. The quantitative estimate of drug-likeness (QED) is 0.743. The second kappa shape index (κ2) is 8.42. The van der Waals surface area contributed by atoms with Crippen molar-refractivity contribution in [1.29, 1.82) is 0 Å². The standard InChI is InChI=1S/C17H32N2OS/c1-4-5-10-15-17(20)19(12-11-13(2)21-3)16(18-15)14-8-6-7-9-14/h13-16,18H,4-12H2,1-3H3. The first-order chi connectivity index (χ1) is 10.2. The number of nitrogens with one attached hydrogen (secondary N) is 1. The molecular weight excluding hydrogens is 280 g/mol. The van der Waals surface area contributed by atoms with E-state index in [1.165, 1.54) is 32.1 Å². The average Bonchev–Trinajstić information content (AvgIpc) is 3.11. The molecule has 21 heavy (non-hydrogen) atoms.